The van der Waals surface area contributed by atoms with E-state index in [1.165, 1.54) is 5.56 Å². The van der Waals surface area contributed by atoms with Gasteiger partial charge in [0.15, 0.2) is 0 Å². The molecule has 0 atom stereocenters. The SMILES string of the molecule is Cc1ccc(OCCCC(=O)Nc2ccc(Nc3cc(-c4ccccc4)ncn3)cc2)cc1. The van der Waals surface area contributed by atoms with E-state index >= 15 is 0 Å². The van der Waals surface area contributed by atoms with E-state index in [0.29, 0.717) is 25.3 Å². The second kappa shape index (κ2) is 10.9. The summed E-state index contributed by atoms with van der Waals surface area (Å²) in [7, 11) is 0. The average molecular weight is 439 g/mol. The molecule has 33 heavy (non-hydrogen) atoms. The summed E-state index contributed by atoms with van der Waals surface area (Å²) >= 11 is 0. The van der Waals surface area contributed by atoms with Crippen molar-refractivity contribution in [3.8, 4) is 17.0 Å². The van der Waals surface area contributed by atoms with E-state index in [1.807, 2.05) is 91.9 Å². The van der Waals surface area contributed by atoms with E-state index in [0.717, 1.165) is 28.4 Å². The topological polar surface area (TPSA) is 76.1 Å². The molecule has 6 nitrogen and oxygen atoms in total. The smallest absolute Gasteiger partial charge is 0.224 e. The van der Waals surface area contributed by atoms with E-state index in [1.54, 1.807) is 6.33 Å². The van der Waals surface area contributed by atoms with Crippen LogP contribution in [0.5, 0.6) is 5.75 Å². The molecule has 0 saturated heterocycles. The number of anilines is 3. The minimum absolute atomic E-state index is 0.0356. The number of benzene rings is 3. The number of ether oxygens (including phenoxy) is 1. The second-order valence-corrected chi connectivity index (χ2v) is 7.67. The van der Waals surface area contributed by atoms with Gasteiger partial charge in [-0.05, 0) is 49.7 Å². The van der Waals surface area contributed by atoms with Gasteiger partial charge in [0.1, 0.15) is 17.9 Å². The van der Waals surface area contributed by atoms with Crippen LogP contribution in [0.3, 0.4) is 0 Å². The predicted molar refractivity (Wildman–Crippen MR) is 132 cm³/mol. The van der Waals surface area contributed by atoms with Crippen LogP contribution < -0.4 is 15.4 Å². The Kier molecular flexibility index (Phi) is 7.28. The number of aromatic nitrogens is 2. The van der Waals surface area contributed by atoms with Crippen LogP contribution in [-0.2, 0) is 4.79 Å². The van der Waals surface area contributed by atoms with Gasteiger partial charge in [-0.1, -0.05) is 48.0 Å². The zero-order valence-corrected chi connectivity index (χ0v) is 18.5. The summed E-state index contributed by atoms with van der Waals surface area (Å²) in [5, 5.41) is 6.20. The van der Waals surface area contributed by atoms with Gasteiger partial charge in [0.05, 0.1) is 12.3 Å². The highest BCUT2D eigenvalue weighted by molar-refractivity contribution is 5.90. The van der Waals surface area contributed by atoms with Gasteiger partial charge in [-0.15, -0.1) is 0 Å². The number of carbonyl (C=O) groups excluding carboxylic acids is 1. The minimum Gasteiger partial charge on any atom is -0.494 e. The van der Waals surface area contributed by atoms with E-state index in [-0.39, 0.29) is 5.91 Å². The van der Waals surface area contributed by atoms with Crippen LogP contribution in [0.15, 0.2) is 91.3 Å². The molecular formula is C27H26N4O2. The zero-order chi connectivity index (χ0) is 22.9. The van der Waals surface area contributed by atoms with Crippen LogP contribution >= 0.6 is 0 Å². The maximum Gasteiger partial charge on any atom is 0.224 e. The van der Waals surface area contributed by atoms with Crippen molar-refractivity contribution in [2.75, 3.05) is 17.2 Å². The standard InChI is InChI=1S/C27H26N4O2/c1-20-9-15-24(16-10-20)33-17-5-8-27(32)31-23-13-11-22(12-14-23)30-26-18-25(28-19-29-26)21-6-3-2-4-7-21/h2-4,6-7,9-16,18-19H,5,8,17H2,1H3,(H,31,32)(H,28,29,30). The van der Waals surface area contributed by atoms with Gasteiger partial charge in [0.2, 0.25) is 5.91 Å². The third-order valence-electron chi connectivity index (χ3n) is 5.02. The number of rotatable bonds is 9. The quantitative estimate of drug-likeness (QED) is 0.314. The molecule has 0 spiro atoms. The first-order valence-electron chi connectivity index (χ1n) is 10.9. The summed E-state index contributed by atoms with van der Waals surface area (Å²) in [5.41, 5.74) is 4.69. The molecule has 1 aromatic heterocycles. The highest BCUT2D eigenvalue weighted by Gasteiger charge is 2.05. The van der Waals surface area contributed by atoms with Crippen molar-refractivity contribution >= 4 is 23.1 Å². The number of nitrogens with one attached hydrogen (secondary N) is 2. The fourth-order valence-electron chi connectivity index (χ4n) is 3.26. The highest BCUT2D eigenvalue weighted by atomic mass is 16.5. The van der Waals surface area contributed by atoms with Crippen LogP contribution in [0.25, 0.3) is 11.3 Å². The molecule has 1 heterocycles. The van der Waals surface area contributed by atoms with E-state index in [2.05, 4.69) is 20.6 Å². The largest absolute Gasteiger partial charge is 0.494 e. The maximum absolute atomic E-state index is 12.2. The van der Waals surface area contributed by atoms with Crippen molar-refractivity contribution in [2.24, 2.45) is 0 Å². The first-order valence-corrected chi connectivity index (χ1v) is 10.9. The van der Waals surface area contributed by atoms with Gasteiger partial charge in [0, 0.05) is 29.4 Å². The van der Waals surface area contributed by atoms with Crippen LogP contribution in [0, 0.1) is 6.92 Å². The Morgan fingerprint density at radius 1 is 0.879 bits per heavy atom. The normalized spacial score (nSPS) is 10.5. The maximum atomic E-state index is 12.2. The number of carbonyl (C=O) groups is 1. The molecule has 4 rings (SSSR count). The fourth-order valence-corrected chi connectivity index (χ4v) is 3.26. The van der Waals surface area contributed by atoms with Crippen LogP contribution in [0.2, 0.25) is 0 Å². The molecule has 6 heteroatoms. The van der Waals surface area contributed by atoms with E-state index in [9.17, 15) is 4.79 Å². The first-order chi connectivity index (χ1) is 16.2. The van der Waals surface area contributed by atoms with Crippen molar-refractivity contribution in [1.29, 1.82) is 0 Å². The van der Waals surface area contributed by atoms with Crippen molar-refractivity contribution in [3.05, 3.63) is 96.8 Å². The number of aryl methyl sites for hydroxylation is 1. The van der Waals surface area contributed by atoms with E-state index in [4.69, 9.17) is 4.74 Å². The summed E-state index contributed by atoms with van der Waals surface area (Å²) in [6.45, 7) is 2.54. The Balaban J connectivity index is 1.24. The zero-order valence-electron chi connectivity index (χ0n) is 18.5. The van der Waals surface area contributed by atoms with Gasteiger partial charge in [0.25, 0.3) is 0 Å². The molecular weight excluding hydrogens is 412 g/mol. The van der Waals surface area contributed by atoms with Crippen molar-refractivity contribution < 1.29 is 9.53 Å². The van der Waals surface area contributed by atoms with Gasteiger partial charge in [-0.2, -0.15) is 0 Å². The monoisotopic (exact) mass is 438 g/mol. The molecule has 0 unspecified atom stereocenters. The minimum atomic E-state index is -0.0356. The van der Waals surface area contributed by atoms with Crippen LogP contribution in [0.1, 0.15) is 18.4 Å². The Hall–Kier alpha value is -4.19. The molecule has 4 aromatic rings. The molecule has 1 amide bonds. The summed E-state index contributed by atoms with van der Waals surface area (Å²) in [6, 6.07) is 27.3. The molecule has 0 aliphatic heterocycles. The fraction of sp³-hybridized carbons (Fsp3) is 0.148. The van der Waals surface area contributed by atoms with Gasteiger partial charge in [-0.25, -0.2) is 9.97 Å². The summed E-state index contributed by atoms with van der Waals surface area (Å²) in [6.07, 6.45) is 2.59. The lowest BCUT2D eigenvalue weighted by Crippen LogP contribution is -2.12. The molecule has 2 N–H and O–H groups in total. The van der Waals surface area contributed by atoms with Gasteiger partial charge < -0.3 is 15.4 Å². The molecule has 166 valence electrons. The summed E-state index contributed by atoms with van der Waals surface area (Å²) in [4.78, 5) is 20.9. The molecule has 0 aliphatic carbocycles. The molecule has 0 fully saturated rings. The highest BCUT2D eigenvalue weighted by Crippen LogP contribution is 2.22. The molecule has 0 saturated carbocycles. The number of nitrogens with zero attached hydrogens (tertiary/aromatic N) is 2. The molecule has 3 aromatic carbocycles. The molecule has 0 radical (unpaired) electrons. The Morgan fingerprint density at radius 3 is 2.36 bits per heavy atom. The Bertz CT molecular complexity index is 1180. The molecule has 0 aliphatic rings. The predicted octanol–water partition coefficient (Wildman–Crippen LogP) is 5.99. The summed E-state index contributed by atoms with van der Waals surface area (Å²) in [5.74, 6) is 1.49. The van der Waals surface area contributed by atoms with Crippen molar-refractivity contribution in [2.45, 2.75) is 19.8 Å². The number of hydrogen-bond acceptors (Lipinski definition) is 5. The van der Waals surface area contributed by atoms with Gasteiger partial charge >= 0.3 is 0 Å². The lowest BCUT2D eigenvalue weighted by molar-refractivity contribution is -0.116. The lowest BCUT2D eigenvalue weighted by atomic mass is 10.1. The lowest BCUT2D eigenvalue weighted by Gasteiger charge is -2.09. The number of hydrogen-bond donors (Lipinski definition) is 2. The molecule has 0 bridgehead atoms. The third-order valence-corrected chi connectivity index (χ3v) is 5.02. The van der Waals surface area contributed by atoms with Gasteiger partial charge in [-0.3, -0.25) is 4.79 Å². The average Bonchev–Trinajstić information content (AvgIpc) is 2.85. The van der Waals surface area contributed by atoms with E-state index < -0.39 is 0 Å². The number of amides is 1. The third kappa shape index (κ3) is 6.64. The van der Waals surface area contributed by atoms with Crippen molar-refractivity contribution in [1.82, 2.24) is 9.97 Å². The van der Waals surface area contributed by atoms with Crippen LogP contribution in [0.4, 0.5) is 17.2 Å². The summed E-state index contributed by atoms with van der Waals surface area (Å²) < 4.78 is 5.67. The first kappa shape index (κ1) is 22.0. The Morgan fingerprint density at radius 2 is 1.61 bits per heavy atom. The second-order valence-electron chi connectivity index (χ2n) is 7.67. The van der Waals surface area contributed by atoms with Crippen molar-refractivity contribution in [3.63, 3.8) is 0 Å². The van der Waals surface area contributed by atoms with Crippen LogP contribution in [-0.4, -0.2) is 22.5 Å². The Labute approximate surface area is 193 Å².